The summed E-state index contributed by atoms with van der Waals surface area (Å²) in [6.45, 7) is 1.29. The van der Waals surface area contributed by atoms with Gasteiger partial charge in [0.1, 0.15) is 11.6 Å². The minimum atomic E-state index is -3.99. The van der Waals surface area contributed by atoms with E-state index < -0.39 is 33.6 Å². The first-order chi connectivity index (χ1) is 11.2. The van der Waals surface area contributed by atoms with Crippen molar-refractivity contribution in [2.24, 2.45) is 0 Å². The number of amides is 1. The quantitative estimate of drug-likeness (QED) is 0.845. The predicted octanol–water partition coefficient (Wildman–Crippen LogP) is 2.92. The largest absolute Gasteiger partial charge is 0.322 e. The van der Waals surface area contributed by atoms with E-state index in [0.29, 0.717) is 6.07 Å². The Morgan fingerprint density at radius 1 is 1.17 bits per heavy atom. The number of benzene rings is 2. The first-order valence-corrected chi connectivity index (χ1v) is 8.59. The Balaban J connectivity index is 2.11. The van der Waals surface area contributed by atoms with Crippen LogP contribution >= 0.6 is 11.6 Å². The number of hydrogen-bond donors (Lipinski definition) is 2. The third kappa shape index (κ3) is 4.50. The summed E-state index contributed by atoms with van der Waals surface area (Å²) in [4.78, 5) is 11.9. The second-order valence-corrected chi connectivity index (χ2v) is 7.06. The van der Waals surface area contributed by atoms with Crippen LogP contribution in [0.4, 0.5) is 14.5 Å². The zero-order valence-corrected chi connectivity index (χ0v) is 14.0. The monoisotopic (exact) mass is 374 g/mol. The number of carbonyl (C=O) groups is 1. The minimum Gasteiger partial charge on any atom is -0.322 e. The van der Waals surface area contributed by atoms with Gasteiger partial charge in [0.2, 0.25) is 15.9 Å². The van der Waals surface area contributed by atoms with Gasteiger partial charge in [-0.3, -0.25) is 4.79 Å². The molecule has 0 aliphatic carbocycles. The molecule has 24 heavy (non-hydrogen) atoms. The van der Waals surface area contributed by atoms with Crippen molar-refractivity contribution in [2.45, 2.75) is 17.9 Å². The molecule has 9 heteroatoms. The van der Waals surface area contributed by atoms with Crippen molar-refractivity contribution in [3.8, 4) is 0 Å². The predicted molar refractivity (Wildman–Crippen MR) is 86.2 cm³/mol. The van der Waals surface area contributed by atoms with E-state index in [1.807, 2.05) is 0 Å². The highest BCUT2D eigenvalue weighted by Crippen LogP contribution is 2.17. The first kappa shape index (κ1) is 18.3. The standard InChI is InChI=1S/C15H13ClF2N2O3S/c1-9(15(21)19-14-6-5-11(17)8-13(14)18)20-24(22,23)12-4-2-3-10(16)7-12/h2-9,20H,1H3,(H,19,21)/t9-/m0/s1. The maximum atomic E-state index is 13.5. The van der Waals surface area contributed by atoms with Crippen LogP contribution in [0.25, 0.3) is 0 Å². The van der Waals surface area contributed by atoms with E-state index in [1.54, 1.807) is 0 Å². The van der Waals surface area contributed by atoms with Crippen LogP contribution < -0.4 is 10.0 Å². The van der Waals surface area contributed by atoms with Crippen molar-refractivity contribution in [1.29, 1.82) is 0 Å². The number of nitrogens with one attached hydrogen (secondary N) is 2. The van der Waals surface area contributed by atoms with Gasteiger partial charge >= 0.3 is 0 Å². The average Bonchev–Trinajstić information content (AvgIpc) is 2.49. The lowest BCUT2D eigenvalue weighted by Gasteiger charge is -2.15. The van der Waals surface area contributed by atoms with E-state index in [4.69, 9.17) is 11.6 Å². The second-order valence-electron chi connectivity index (χ2n) is 4.91. The molecule has 0 unspecified atom stereocenters. The van der Waals surface area contributed by atoms with E-state index in [0.717, 1.165) is 12.1 Å². The number of sulfonamides is 1. The molecule has 128 valence electrons. The fourth-order valence-electron chi connectivity index (χ4n) is 1.82. The van der Waals surface area contributed by atoms with Crippen LogP contribution in [0.5, 0.6) is 0 Å². The SMILES string of the molecule is C[C@H](NS(=O)(=O)c1cccc(Cl)c1)C(=O)Nc1ccc(F)cc1F. The molecule has 2 rings (SSSR count). The number of rotatable bonds is 5. The van der Waals surface area contributed by atoms with E-state index in [1.165, 1.54) is 31.2 Å². The third-order valence-electron chi connectivity index (χ3n) is 3.02. The van der Waals surface area contributed by atoms with Gasteiger partial charge in [-0.2, -0.15) is 4.72 Å². The molecule has 0 saturated heterocycles. The second kappa shape index (κ2) is 7.25. The Morgan fingerprint density at radius 3 is 2.50 bits per heavy atom. The molecule has 1 amide bonds. The number of carbonyl (C=O) groups excluding carboxylic acids is 1. The summed E-state index contributed by atoms with van der Waals surface area (Å²) < 4.78 is 52.9. The summed E-state index contributed by atoms with van der Waals surface area (Å²) in [5.74, 6) is -2.56. The van der Waals surface area contributed by atoms with Gasteiger partial charge in [-0.1, -0.05) is 17.7 Å². The number of anilines is 1. The van der Waals surface area contributed by atoms with Gasteiger partial charge in [0.25, 0.3) is 0 Å². The molecule has 0 aliphatic rings. The number of halogens is 3. The van der Waals surface area contributed by atoms with Gasteiger partial charge in [-0.05, 0) is 37.3 Å². The van der Waals surface area contributed by atoms with E-state index in [9.17, 15) is 22.0 Å². The van der Waals surface area contributed by atoms with Crippen molar-refractivity contribution in [1.82, 2.24) is 4.72 Å². The Morgan fingerprint density at radius 2 is 1.88 bits per heavy atom. The summed E-state index contributed by atoms with van der Waals surface area (Å²) in [5.41, 5.74) is -0.254. The van der Waals surface area contributed by atoms with Crippen LogP contribution in [0, 0.1) is 11.6 Å². The zero-order valence-electron chi connectivity index (χ0n) is 12.4. The molecule has 0 saturated carbocycles. The van der Waals surface area contributed by atoms with Crippen LogP contribution in [0.1, 0.15) is 6.92 Å². The Labute approximate surface area is 142 Å². The normalized spacial score (nSPS) is 12.7. The van der Waals surface area contributed by atoms with Crippen molar-refractivity contribution in [2.75, 3.05) is 5.32 Å². The fourth-order valence-corrected chi connectivity index (χ4v) is 3.32. The number of hydrogen-bond acceptors (Lipinski definition) is 3. The molecule has 0 bridgehead atoms. The third-order valence-corrected chi connectivity index (χ3v) is 4.79. The van der Waals surface area contributed by atoms with E-state index >= 15 is 0 Å². The smallest absolute Gasteiger partial charge is 0.242 e. The highest BCUT2D eigenvalue weighted by Gasteiger charge is 2.23. The van der Waals surface area contributed by atoms with Gasteiger partial charge in [-0.15, -0.1) is 0 Å². The van der Waals surface area contributed by atoms with Crippen LogP contribution in [0.2, 0.25) is 5.02 Å². The molecule has 1 atom stereocenters. The summed E-state index contributed by atoms with van der Waals surface area (Å²) >= 11 is 5.74. The van der Waals surface area contributed by atoms with Crippen LogP contribution in [-0.4, -0.2) is 20.4 Å². The lowest BCUT2D eigenvalue weighted by atomic mass is 10.2. The first-order valence-electron chi connectivity index (χ1n) is 6.73. The molecule has 2 aromatic carbocycles. The molecule has 2 N–H and O–H groups in total. The fraction of sp³-hybridized carbons (Fsp3) is 0.133. The Bertz CT molecular complexity index is 875. The van der Waals surface area contributed by atoms with Crippen molar-refractivity contribution >= 4 is 33.2 Å². The summed E-state index contributed by atoms with van der Waals surface area (Å²) in [6, 6.07) is 6.94. The van der Waals surface area contributed by atoms with E-state index in [2.05, 4.69) is 10.0 Å². The van der Waals surface area contributed by atoms with Gasteiger partial charge in [0, 0.05) is 11.1 Å². The topological polar surface area (TPSA) is 75.3 Å². The maximum Gasteiger partial charge on any atom is 0.242 e. The van der Waals surface area contributed by atoms with E-state index in [-0.39, 0.29) is 15.6 Å². The lowest BCUT2D eigenvalue weighted by Crippen LogP contribution is -2.41. The summed E-state index contributed by atoms with van der Waals surface area (Å²) in [5, 5.41) is 2.41. The molecule has 0 aliphatic heterocycles. The summed E-state index contributed by atoms with van der Waals surface area (Å²) in [7, 11) is -3.99. The average molecular weight is 375 g/mol. The molecule has 0 radical (unpaired) electrons. The van der Waals surface area contributed by atoms with Crippen LogP contribution in [-0.2, 0) is 14.8 Å². The highest BCUT2D eigenvalue weighted by atomic mass is 35.5. The molecular weight excluding hydrogens is 362 g/mol. The zero-order chi connectivity index (χ0) is 17.9. The van der Waals surface area contributed by atoms with Gasteiger partial charge in [-0.25, -0.2) is 17.2 Å². The van der Waals surface area contributed by atoms with Gasteiger partial charge < -0.3 is 5.32 Å². The highest BCUT2D eigenvalue weighted by molar-refractivity contribution is 7.89. The Hall–Kier alpha value is -2.03. The van der Waals surface area contributed by atoms with Gasteiger partial charge in [0.15, 0.2) is 0 Å². The minimum absolute atomic E-state index is 0.109. The van der Waals surface area contributed by atoms with Crippen molar-refractivity contribution < 1.29 is 22.0 Å². The molecule has 5 nitrogen and oxygen atoms in total. The van der Waals surface area contributed by atoms with Crippen LogP contribution in [0.3, 0.4) is 0 Å². The molecule has 0 fully saturated rings. The summed E-state index contributed by atoms with van der Waals surface area (Å²) in [6.07, 6.45) is 0. The molecular formula is C15H13ClF2N2O3S. The molecule has 0 spiro atoms. The van der Waals surface area contributed by atoms with Crippen molar-refractivity contribution in [3.63, 3.8) is 0 Å². The molecule has 0 aromatic heterocycles. The lowest BCUT2D eigenvalue weighted by molar-refractivity contribution is -0.117. The van der Waals surface area contributed by atoms with Crippen LogP contribution in [0.15, 0.2) is 47.4 Å². The maximum absolute atomic E-state index is 13.5. The van der Waals surface area contributed by atoms with Crippen molar-refractivity contribution in [3.05, 3.63) is 59.1 Å². The molecule has 0 heterocycles. The van der Waals surface area contributed by atoms with Gasteiger partial charge in [0.05, 0.1) is 16.6 Å². The molecule has 2 aromatic rings. The Kier molecular flexibility index (Phi) is 5.53.